The molecule has 0 aromatic rings. The van der Waals surface area contributed by atoms with E-state index < -0.39 is 58.2 Å². The molecular formula is C56H117N5O14. The van der Waals surface area contributed by atoms with Crippen molar-refractivity contribution in [3.63, 3.8) is 0 Å². The fourth-order valence-electron chi connectivity index (χ4n) is 3.55. The van der Waals surface area contributed by atoms with Crippen molar-refractivity contribution in [1.29, 1.82) is 0 Å². The number of rotatable bonds is 10. The van der Waals surface area contributed by atoms with Crippen LogP contribution in [0, 0.1) is 23.7 Å². The molecule has 0 aromatic carbocycles. The summed E-state index contributed by atoms with van der Waals surface area (Å²) in [5.41, 5.74) is 24.5. The van der Waals surface area contributed by atoms with E-state index in [0.29, 0.717) is 6.42 Å². The van der Waals surface area contributed by atoms with Gasteiger partial charge in [0, 0.05) is 6.42 Å². The summed E-state index contributed by atoms with van der Waals surface area (Å²) < 4.78 is 35.2. The minimum Gasteiger partial charge on any atom is -0.460 e. The highest BCUT2D eigenvalue weighted by Crippen LogP contribution is 2.14. The van der Waals surface area contributed by atoms with Crippen LogP contribution in [0.25, 0.3) is 0 Å². The van der Waals surface area contributed by atoms with Gasteiger partial charge in [-0.2, -0.15) is 0 Å². The van der Waals surface area contributed by atoms with Crippen LogP contribution in [0.1, 0.15) is 228 Å². The van der Waals surface area contributed by atoms with Gasteiger partial charge < -0.3 is 61.8 Å². The number of ether oxygens (including phenoxy) is 7. The average Bonchev–Trinajstić information content (AvgIpc) is 3.13. The second-order valence-corrected chi connectivity index (χ2v) is 26.2. The summed E-state index contributed by atoms with van der Waals surface area (Å²) in [5, 5.41) is 0. The molecule has 450 valence electrons. The average molecular weight is 1080 g/mol. The zero-order valence-corrected chi connectivity index (χ0v) is 53.5. The fourth-order valence-corrected chi connectivity index (χ4v) is 3.55. The van der Waals surface area contributed by atoms with E-state index in [-0.39, 0.29) is 76.7 Å². The van der Waals surface area contributed by atoms with E-state index in [1.165, 1.54) is 0 Å². The first kappa shape index (κ1) is 85.0. The lowest BCUT2D eigenvalue weighted by Crippen LogP contribution is -2.40. The van der Waals surface area contributed by atoms with E-state index >= 15 is 0 Å². The SMILES string of the molecule is CC(C)C(=O)OC(C)(C)C.CC(C)C(N)C(=O)OC(C)(C)C.CC(C)[C@@H](N)C(=O)OC(C)(C)C.CC(C)[C@H](N)C(=O)OC(C)(C)C.CCC(=O)OC(C)(C)C.C[C@@H](N)C(=O)OC(C)(C)C.C[C@H](N)C(=O)OC(C)(C)C. The molecule has 0 aromatic heterocycles. The molecule has 5 atom stereocenters. The summed E-state index contributed by atoms with van der Waals surface area (Å²) in [7, 11) is 0. The van der Waals surface area contributed by atoms with Crippen LogP contribution in [0.2, 0.25) is 0 Å². The van der Waals surface area contributed by atoms with Crippen molar-refractivity contribution in [1.82, 2.24) is 0 Å². The van der Waals surface area contributed by atoms with Crippen LogP contribution in [0.3, 0.4) is 0 Å². The van der Waals surface area contributed by atoms with Gasteiger partial charge in [0.05, 0.1) is 5.92 Å². The molecular weight excluding hydrogens is 967 g/mol. The normalized spacial score (nSPS) is 13.8. The van der Waals surface area contributed by atoms with Crippen LogP contribution >= 0.6 is 0 Å². The molecule has 75 heavy (non-hydrogen) atoms. The predicted octanol–water partition coefficient (Wildman–Crippen LogP) is 9.01. The van der Waals surface area contributed by atoms with E-state index in [0.717, 1.165) is 0 Å². The molecule has 0 aliphatic carbocycles. The van der Waals surface area contributed by atoms with E-state index in [1.54, 1.807) is 20.8 Å². The highest BCUT2D eigenvalue weighted by molar-refractivity contribution is 5.77. The van der Waals surface area contributed by atoms with Gasteiger partial charge in [-0.05, 0) is 177 Å². The first-order chi connectivity index (χ1) is 32.6. The summed E-state index contributed by atoms with van der Waals surface area (Å²) in [4.78, 5) is 76.9. The second-order valence-electron chi connectivity index (χ2n) is 26.2. The molecule has 0 radical (unpaired) electrons. The minimum atomic E-state index is -0.528. The molecule has 0 aliphatic rings. The number of hydrogen-bond donors (Lipinski definition) is 5. The van der Waals surface area contributed by atoms with Crippen molar-refractivity contribution in [3.05, 3.63) is 0 Å². The van der Waals surface area contributed by atoms with Gasteiger partial charge in [-0.15, -0.1) is 0 Å². The van der Waals surface area contributed by atoms with Gasteiger partial charge in [-0.1, -0.05) is 62.3 Å². The van der Waals surface area contributed by atoms with E-state index in [1.807, 2.05) is 201 Å². The molecule has 0 saturated carbocycles. The van der Waals surface area contributed by atoms with Crippen molar-refractivity contribution in [2.45, 2.75) is 297 Å². The van der Waals surface area contributed by atoms with Crippen LogP contribution in [-0.2, 0) is 66.7 Å². The van der Waals surface area contributed by atoms with Crippen LogP contribution in [0.5, 0.6) is 0 Å². The van der Waals surface area contributed by atoms with E-state index in [2.05, 4.69) is 0 Å². The van der Waals surface area contributed by atoms with Gasteiger partial charge in [-0.3, -0.25) is 33.6 Å². The number of esters is 7. The number of hydrogen-bond acceptors (Lipinski definition) is 19. The molecule has 1 unspecified atom stereocenters. The first-order valence-corrected chi connectivity index (χ1v) is 26.0. The Morgan fingerprint density at radius 1 is 0.293 bits per heavy atom. The highest BCUT2D eigenvalue weighted by Gasteiger charge is 2.27. The van der Waals surface area contributed by atoms with Crippen molar-refractivity contribution in [2.75, 3.05) is 0 Å². The Balaban J connectivity index is -0.000000144. The fraction of sp³-hybridized carbons (Fsp3) is 0.875. The summed E-state index contributed by atoms with van der Waals surface area (Å²) in [5.74, 6) is -1.60. The number of nitrogens with two attached hydrogens (primary N) is 5. The molecule has 0 rings (SSSR count). The van der Waals surface area contributed by atoms with E-state index in [4.69, 9.17) is 61.8 Å². The van der Waals surface area contributed by atoms with Crippen LogP contribution in [0.15, 0.2) is 0 Å². The second kappa shape index (κ2) is 37.8. The van der Waals surface area contributed by atoms with Gasteiger partial charge in [0.25, 0.3) is 0 Å². The largest absolute Gasteiger partial charge is 0.460 e. The maximum atomic E-state index is 11.3. The van der Waals surface area contributed by atoms with Crippen molar-refractivity contribution in [2.24, 2.45) is 52.3 Å². The molecule has 0 aliphatic heterocycles. The zero-order valence-electron chi connectivity index (χ0n) is 53.5. The number of carbonyl (C=O) groups excluding carboxylic acids is 7. The van der Waals surface area contributed by atoms with Crippen molar-refractivity contribution < 1.29 is 66.7 Å². The van der Waals surface area contributed by atoms with Crippen LogP contribution in [-0.4, -0.2) is 111 Å². The highest BCUT2D eigenvalue weighted by atomic mass is 16.6. The van der Waals surface area contributed by atoms with Crippen LogP contribution < -0.4 is 28.7 Å². The molecule has 0 saturated heterocycles. The third kappa shape index (κ3) is 68.1. The summed E-state index contributed by atoms with van der Waals surface area (Å²) >= 11 is 0. The van der Waals surface area contributed by atoms with Crippen molar-refractivity contribution >= 4 is 41.8 Å². The Labute approximate surface area is 456 Å². The third-order valence-corrected chi connectivity index (χ3v) is 7.34. The maximum absolute atomic E-state index is 11.3. The summed E-state index contributed by atoms with van der Waals surface area (Å²) in [6, 6.07) is -2.59. The first-order valence-electron chi connectivity index (χ1n) is 26.0. The predicted molar refractivity (Wildman–Crippen MR) is 302 cm³/mol. The van der Waals surface area contributed by atoms with Gasteiger partial charge in [0.15, 0.2) is 0 Å². The van der Waals surface area contributed by atoms with Gasteiger partial charge in [-0.25, -0.2) is 0 Å². The maximum Gasteiger partial charge on any atom is 0.323 e. The molecule has 0 bridgehead atoms. The molecule has 0 fully saturated rings. The lowest BCUT2D eigenvalue weighted by atomic mass is 10.1. The Morgan fingerprint density at radius 3 is 0.533 bits per heavy atom. The van der Waals surface area contributed by atoms with Gasteiger partial charge in [0.1, 0.15) is 69.4 Å². The molecule has 0 spiro atoms. The quantitative estimate of drug-likeness (QED) is 0.101. The minimum absolute atomic E-state index is 0.0285. The lowest BCUT2D eigenvalue weighted by molar-refractivity contribution is -0.159. The molecule has 0 amide bonds. The Kier molecular flexibility index (Phi) is 42.8. The monoisotopic (exact) mass is 1080 g/mol. The number of carbonyl (C=O) groups is 7. The molecule has 19 heteroatoms. The molecule has 10 N–H and O–H groups in total. The van der Waals surface area contributed by atoms with Gasteiger partial charge in [0.2, 0.25) is 0 Å². The van der Waals surface area contributed by atoms with Gasteiger partial charge >= 0.3 is 41.8 Å². The van der Waals surface area contributed by atoms with E-state index in [9.17, 15) is 33.6 Å². The summed E-state index contributed by atoms with van der Waals surface area (Å²) in [6.45, 7) is 58.6. The smallest absolute Gasteiger partial charge is 0.323 e. The summed E-state index contributed by atoms with van der Waals surface area (Å²) in [6.07, 6.45) is 0.456. The van der Waals surface area contributed by atoms with Crippen molar-refractivity contribution in [3.8, 4) is 0 Å². The lowest BCUT2D eigenvalue weighted by Gasteiger charge is -2.23. The third-order valence-electron chi connectivity index (χ3n) is 7.34. The Hall–Kier alpha value is -3.91. The van der Waals surface area contributed by atoms with Crippen LogP contribution in [0.4, 0.5) is 0 Å². The topological polar surface area (TPSA) is 314 Å². The molecule has 0 heterocycles. The molecule has 19 nitrogen and oxygen atoms in total. The Morgan fingerprint density at radius 2 is 0.453 bits per heavy atom. The standard InChI is InChI=1S/3C9H19NO2.C8H16O2.2C7H15NO2.C7H14O2/c3*1-6(2)7(10)8(11)12-9(3,4)5;1-6(2)7(9)10-8(3,4)5;2*1-5(8)6(9)10-7(2,3)4;1-5-6(8)9-7(2,3)4/h3*6-7H,10H2,1-5H3;6H,1-5H3;2*5H,8H2,1-4H3;5H2,1-4H3/t2*7-;;;2*5-;/m10..10./s1. The Bertz CT molecular complexity index is 1450. The zero-order chi connectivity index (χ0) is 62.4.